The van der Waals surface area contributed by atoms with E-state index in [0.29, 0.717) is 16.0 Å². The van der Waals surface area contributed by atoms with Crippen LogP contribution in [0.15, 0.2) is 41.3 Å². The van der Waals surface area contributed by atoms with Gasteiger partial charge in [0.1, 0.15) is 5.75 Å². The van der Waals surface area contributed by atoms with Crippen molar-refractivity contribution in [1.82, 2.24) is 4.31 Å². The molecule has 0 N–H and O–H groups in total. The second kappa shape index (κ2) is 4.75. The molecule has 106 valence electrons. The molecule has 2 aromatic rings. The Balaban J connectivity index is 2.22. The highest BCUT2D eigenvalue weighted by Gasteiger charge is 2.35. The molecule has 0 unspecified atom stereocenters. The first-order chi connectivity index (χ1) is 9.55. The molecule has 1 fully saturated rings. The van der Waals surface area contributed by atoms with Crippen molar-refractivity contribution in [3.8, 4) is 5.75 Å². The van der Waals surface area contributed by atoms with Gasteiger partial charge in [0.05, 0.1) is 12.0 Å². The van der Waals surface area contributed by atoms with Gasteiger partial charge in [0, 0.05) is 23.9 Å². The van der Waals surface area contributed by atoms with Crippen LogP contribution in [-0.2, 0) is 10.0 Å². The summed E-state index contributed by atoms with van der Waals surface area (Å²) in [6.07, 6.45) is 1.90. The predicted molar refractivity (Wildman–Crippen MR) is 78.5 cm³/mol. The number of rotatable bonds is 4. The van der Waals surface area contributed by atoms with Crippen molar-refractivity contribution in [2.75, 3.05) is 14.2 Å². The van der Waals surface area contributed by atoms with Crippen LogP contribution in [0.5, 0.6) is 5.75 Å². The Morgan fingerprint density at radius 3 is 2.35 bits per heavy atom. The van der Waals surface area contributed by atoms with Gasteiger partial charge in [-0.2, -0.15) is 4.31 Å². The van der Waals surface area contributed by atoms with E-state index in [1.165, 1.54) is 4.31 Å². The molecule has 1 aliphatic carbocycles. The third-order valence-electron chi connectivity index (χ3n) is 3.78. The molecular formula is C15H17NO3S. The third-order valence-corrected chi connectivity index (χ3v) is 5.75. The molecule has 0 bridgehead atoms. The molecular weight excluding hydrogens is 274 g/mol. The van der Waals surface area contributed by atoms with E-state index in [9.17, 15) is 8.42 Å². The molecule has 0 saturated heterocycles. The standard InChI is InChI=1S/C15H17NO3S/c1-16(11-7-8-11)20(17,18)15-10-9-14(19-2)12-5-3-4-6-13(12)15/h3-6,9-11H,7-8H2,1-2H3. The van der Waals surface area contributed by atoms with Gasteiger partial charge in [0.25, 0.3) is 0 Å². The van der Waals surface area contributed by atoms with Crippen molar-refractivity contribution in [2.24, 2.45) is 0 Å². The van der Waals surface area contributed by atoms with Crippen LogP contribution in [0.1, 0.15) is 12.8 Å². The monoisotopic (exact) mass is 291 g/mol. The molecule has 3 rings (SSSR count). The Morgan fingerprint density at radius 1 is 1.10 bits per heavy atom. The maximum Gasteiger partial charge on any atom is 0.243 e. The molecule has 0 amide bonds. The molecule has 0 radical (unpaired) electrons. The zero-order valence-corrected chi connectivity index (χ0v) is 12.4. The fraction of sp³-hybridized carbons (Fsp3) is 0.333. The van der Waals surface area contributed by atoms with E-state index >= 15 is 0 Å². The Hall–Kier alpha value is -1.59. The number of sulfonamides is 1. The van der Waals surface area contributed by atoms with Crippen LogP contribution in [0.25, 0.3) is 10.8 Å². The van der Waals surface area contributed by atoms with Gasteiger partial charge in [-0.05, 0) is 25.0 Å². The molecule has 1 saturated carbocycles. The molecule has 0 aromatic heterocycles. The Bertz CT molecular complexity index is 751. The fourth-order valence-corrected chi connectivity index (χ4v) is 4.05. The predicted octanol–water partition coefficient (Wildman–Crippen LogP) is 2.63. The molecule has 0 spiro atoms. The second-order valence-corrected chi connectivity index (χ2v) is 7.03. The summed E-state index contributed by atoms with van der Waals surface area (Å²) < 4.78 is 32.2. The van der Waals surface area contributed by atoms with E-state index in [2.05, 4.69) is 0 Å². The summed E-state index contributed by atoms with van der Waals surface area (Å²) in [5.41, 5.74) is 0. The highest BCUT2D eigenvalue weighted by Crippen LogP contribution is 2.35. The number of hydrogen-bond donors (Lipinski definition) is 0. The number of fused-ring (bicyclic) bond motifs is 1. The lowest BCUT2D eigenvalue weighted by atomic mass is 10.1. The third kappa shape index (κ3) is 2.07. The van der Waals surface area contributed by atoms with Gasteiger partial charge in [-0.25, -0.2) is 8.42 Å². The Morgan fingerprint density at radius 2 is 1.75 bits per heavy atom. The van der Waals surface area contributed by atoms with Gasteiger partial charge >= 0.3 is 0 Å². The minimum atomic E-state index is -3.45. The molecule has 2 aromatic carbocycles. The normalized spacial score (nSPS) is 15.8. The summed E-state index contributed by atoms with van der Waals surface area (Å²) in [5.74, 6) is 0.689. The first-order valence-corrected chi connectivity index (χ1v) is 8.03. The van der Waals surface area contributed by atoms with E-state index in [0.717, 1.165) is 18.2 Å². The second-order valence-electron chi connectivity index (χ2n) is 5.06. The number of ether oxygens (including phenoxy) is 1. The molecule has 0 heterocycles. The average molecular weight is 291 g/mol. The lowest BCUT2D eigenvalue weighted by Gasteiger charge is -2.18. The maximum atomic E-state index is 12.7. The minimum Gasteiger partial charge on any atom is -0.496 e. The van der Waals surface area contributed by atoms with E-state index in [1.807, 2.05) is 24.3 Å². The molecule has 1 aliphatic rings. The quantitative estimate of drug-likeness (QED) is 0.870. The summed E-state index contributed by atoms with van der Waals surface area (Å²) in [5, 5.41) is 1.53. The van der Waals surface area contributed by atoms with E-state index < -0.39 is 10.0 Å². The van der Waals surface area contributed by atoms with Crippen LogP contribution < -0.4 is 4.74 Å². The topological polar surface area (TPSA) is 46.6 Å². The summed E-state index contributed by atoms with van der Waals surface area (Å²) in [6, 6.07) is 10.9. The number of hydrogen-bond acceptors (Lipinski definition) is 3. The van der Waals surface area contributed by atoms with E-state index in [1.54, 1.807) is 26.3 Å². The van der Waals surface area contributed by atoms with Gasteiger partial charge in [-0.15, -0.1) is 0 Å². The first-order valence-electron chi connectivity index (χ1n) is 6.59. The van der Waals surface area contributed by atoms with Gasteiger partial charge in [0.15, 0.2) is 0 Å². The highest BCUT2D eigenvalue weighted by molar-refractivity contribution is 7.89. The van der Waals surface area contributed by atoms with Crippen molar-refractivity contribution in [3.05, 3.63) is 36.4 Å². The zero-order chi connectivity index (χ0) is 14.3. The molecule has 5 heteroatoms. The number of nitrogens with zero attached hydrogens (tertiary/aromatic N) is 1. The number of methoxy groups -OCH3 is 1. The van der Waals surface area contributed by atoms with Gasteiger partial charge < -0.3 is 4.74 Å². The fourth-order valence-electron chi connectivity index (χ4n) is 2.44. The molecule has 0 atom stereocenters. The molecule has 4 nitrogen and oxygen atoms in total. The van der Waals surface area contributed by atoms with Crippen LogP contribution in [0.2, 0.25) is 0 Å². The SMILES string of the molecule is COc1ccc(S(=O)(=O)N(C)C2CC2)c2ccccc12. The van der Waals surface area contributed by atoms with Crippen LogP contribution in [0, 0.1) is 0 Å². The first kappa shape index (κ1) is 13.4. The largest absolute Gasteiger partial charge is 0.496 e. The Kier molecular flexibility index (Phi) is 3.18. The van der Waals surface area contributed by atoms with Gasteiger partial charge in [-0.3, -0.25) is 0 Å². The summed E-state index contributed by atoms with van der Waals surface area (Å²) >= 11 is 0. The lowest BCUT2D eigenvalue weighted by Crippen LogP contribution is -2.29. The van der Waals surface area contributed by atoms with Crippen LogP contribution in [-0.4, -0.2) is 32.9 Å². The minimum absolute atomic E-state index is 0.154. The van der Waals surface area contributed by atoms with Gasteiger partial charge in [0.2, 0.25) is 10.0 Å². The van der Waals surface area contributed by atoms with Crippen molar-refractivity contribution >= 4 is 20.8 Å². The Labute approximate surface area is 119 Å². The highest BCUT2D eigenvalue weighted by atomic mass is 32.2. The average Bonchev–Trinajstić information content (AvgIpc) is 3.29. The van der Waals surface area contributed by atoms with Gasteiger partial charge in [-0.1, -0.05) is 24.3 Å². The molecule has 20 heavy (non-hydrogen) atoms. The van der Waals surface area contributed by atoms with Crippen LogP contribution >= 0.6 is 0 Å². The smallest absolute Gasteiger partial charge is 0.243 e. The van der Waals surface area contributed by atoms with Crippen molar-refractivity contribution in [2.45, 2.75) is 23.8 Å². The number of benzene rings is 2. The van der Waals surface area contributed by atoms with Crippen molar-refractivity contribution in [1.29, 1.82) is 0 Å². The summed E-state index contributed by atoms with van der Waals surface area (Å²) in [4.78, 5) is 0.350. The lowest BCUT2D eigenvalue weighted by molar-refractivity contribution is 0.419. The van der Waals surface area contributed by atoms with Crippen molar-refractivity contribution in [3.63, 3.8) is 0 Å². The summed E-state index contributed by atoms with van der Waals surface area (Å²) in [6.45, 7) is 0. The zero-order valence-electron chi connectivity index (χ0n) is 11.5. The molecule has 0 aliphatic heterocycles. The summed E-state index contributed by atoms with van der Waals surface area (Å²) in [7, 11) is -0.201. The van der Waals surface area contributed by atoms with E-state index in [4.69, 9.17) is 4.74 Å². The van der Waals surface area contributed by atoms with E-state index in [-0.39, 0.29) is 6.04 Å². The van der Waals surface area contributed by atoms with Crippen LogP contribution in [0.3, 0.4) is 0 Å². The van der Waals surface area contributed by atoms with Crippen LogP contribution in [0.4, 0.5) is 0 Å². The van der Waals surface area contributed by atoms with Crippen molar-refractivity contribution < 1.29 is 13.2 Å². The maximum absolute atomic E-state index is 12.7.